The molecule has 1 N–H and O–H groups in total. The van der Waals surface area contributed by atoms with Crippen molar-refractivity contribution in [1.29, 1.82) is 0 Å². The van der Waals surface area contributed by atoms with Gasteiger partial charge in [-0.2, -0.15) is 0 Å². The molecule has 0 amide bonds. The van der Waals surface area contributed by atoms with Crippen molar-refractivity contribution in [1.82, 2.24) is 0 Å². The number of alkyl halides is 3. The van der Waals surface area contributed by atoms with Crippen molar-refractivity contribution >= 4 is 0 Å². The SMILES string of the molecule is OC(c1ccoc1)c1cccc(OC(F)(F)F)c1. The summed E-state index contributed by atoms with van der Waals surface area (Å²) < 4.78 is 44.7. The van der Waals surface area contributed by atoms with E-state index in [1.807, 2.05) is 0 Å². The Kier molecular flexibility index (Phi) is 3.29. The van der Waals surface area contributed by atoms with E-state index in [1.54, 1.807) is 0 Å². The third kappa shape index (κ3) is 3.04. The van der Waals surface area contributed by atoms with Gasteiger partial charge in [-0.3, -0.25) is 0 Å². The first kappa shape index (κ1) is 12.5. The Hall–Kier alpha value is -1.95. The molecule has 1 aromatic carbocycles. The lowest BCUT2D eigenvalue weighted by molar-refractivity contribution is -0.274. The fourth-order valence-electron chi connectivity index (χ4n) is 1.50. The molecule has 0 bridgehead atoms. The molecular formula is C12H9F3O3. The normalized spacial score (nSPS) is 13.3. The van der Waals surface area contributed by atoms with Crippen LogP contribution in [0.5, 0.6) is 5.75 Å². The standard InChI is InChI=1S/C12H9F3O3/c13-12(14,15)18-10-3-1-2-8(6-10)11(16)9-4-5-17-7-9/h1-7,11,16H. The van der Waals surface area contributed by atoms with Crippen LogP contribution in [0.25, 0.3) is 0 Å². The first-order chi connectivity index (χ1) is 8.46. The zero-order valence-electron chi connectivity index (χ0n) is 9.02. The highest BCUT2D eigenvalue weighted by molar-refractivity contribution is 5.34. The van der Waals surface area contributed by atoms with Gasteiger partial charge in [0.25, 0.3) is 0 Å². The van der Waals surface area contributed by atoms with E-state index >= 15 is 0 Å². The van der Waals surface area contributed by atoms with E-state index in [0.29, 0.717) is 5.56 Å². The Bertz CT molecular complexity index is 506. The van der Waals surface area contributed by atoms with Gasteiger partial charge < -0.3 is 14.3 Å². The van der Waals surface area contributed by atoms with Gasteiger partial charge in [0.15, 0.2) is 0 Å². The molecule has 0 radical (unpaired) electrons. The summed E-state index contributed by atoms with van der Waals surface area (Å²) in [6.07, 6.45) is -3.11. The van der Waals surface area contributed by atoms with Crippen molar-refractivity contribution in [2.24, 2.45) is 0 Å². The molecule has 1 atom stereocenters. The number of hydrogen-bond donors (Lipinski definition) is 1. The van der Waals surface area contributed by atoms with Gasteiger partial charge in [0, 0.05) is 5.56 Å². The molecule has 96 valence electrons. The van der Waals surface area contributed by atoms with Gasteiger partial charge in [-0.05, 0) is 23.8 Å². The second-order valence-electron chi connectivity index (χ2n) is 3.58. The molecule has 0 aliphatic rings. The van der Waals surface area contributed by atoms with Crippen LogP contribution in [0.15, 0.2) is 47.3 Å². The molecule has 6 heteroatoms. The van der Waals surface area contributed by atoms with Crippen LogP contribution in [0.1, 0.15) is 17.2 Å². The van der Waals surface area contributed by atoms with Crippen molar-refractivity contribution in [2.75, 3.05) is 0 Å². The van der Waals surface area contributed by atoms with Crippen molar-refractivity contribution in [2.45, 2.75) is 12.5 Å². The van der Waals surface area contributed by atoms with E-state index in [9.17, 15) is 18.3 Å². The minimum absolute atomic E-state index is 0.290. The average Bonchev–Trinajstić information content (AvgIpc) is 2.79. The molecule has 18 heavy (non-hydrogen) atoms. The Balaban J connectivity index is 2.22. The molecule has 0 spiro atoms. The fraction of sp³-hybridized carbons (Fsp3) is 0.167. The number of ether oxygens (including phenoxy) is 1. The van der Waals surface area contributed by atoms with Crippen molar-refractivity contribution < 1.29 is 27.4 Å². The summed E-state index contributed by atoms with van der Waals surface area (Å²) in [5.41, 5.74) is 0.748. The highest BCUT2D eigenvalue weighted by Crippen LogP contribution is 2.28. The Morgan fingerprint density at radius 2 is 1.94 bits per heavy atom. The third-order valence-electron chi connectivity index (χ3n) is 2.27. The summed E-state index contributed by atoms with van der Waals surface area (Å²) in [7, 11) is 0. The largest absolute Gasteiger partial charge is 0.573 e. The molecule has 1 unspecified atom stereocenters. The lowest BCUT2D eigenvalue weighted by Crippen LogP contribution is -2.17. The van der Waals surface area contributed by atoms with Crippen LogP contribution in [0.2, 0.25) is 0 Å². The van der Waals surface area contributed by atoms with Crippen LogP contribution in [0, 0.1) is 0 Å². The monoisotopic (exact) mass is 258 g/mol. The molecule has 1 heterocycles. The van der Waals surface area contributed by atoms with Gasteiger partial charge in [0.2, 0.25) is 0 Å². The van der Waals surface area contributed by atoms with Crippen LogP contribution in [-0.2, 0) is 0 Å². The average molecular weight is 258 g/mol. The second-order valence-corrected chi connectivity index (χ2v) is 3.58. The van der Waals surface area contributed by atoms with Gasteiger partial charge in [0.05, 0.1) is 12.5 Å². The minimum atomic E-state index is -4.75. The Morgan fingerprint density at radius 3 is 2.56 bits per heavy atom. The number of rotatable bonds is 3. The number of benzene rings is 1. The van der Waals surface area contributed by atoms with Gasteiger partial charge in [-0.25, -0.2) is 0 Å². The molecule has 0 saturated heterocycles. The number of halogens is 3. The maximum absolute atomic E-state index is 12.0. The minimum Gasteiger partial charge on any atom is -0.472 e. The maximum Gasteiger partial charge on any atom is 0.573 e. The number of aliphatic hydroxyl groups is 1. The number of hydrogen-bond acceptors (Lipinski definition) is 3. The summed E-state index contributed by atoms with van der Waals surface area (Å²) in [4.78, 5) is 0. The van der Waals surface area contributed by atoms with Crippen molar-refractivity contribution in [3.63, 3.8) is 0 Å². The van der Waals surface area contributed by atoms with Crippen LogP contribution < -0.4 is 4.74 Å². The molecule has 0 aliphatic carbocycles. The first-order valence-electron chi connectivity index (χ1n) is 5.01. The van der Waals surface area contributed by atoms with E-state index in [2.05, 4.69) is 4.74 Å². The fourth-order valence-corrected chi connectivity index (χ4v) is 1.50. The maximum atomic E-state index is 12.0. The van der Waals surface area contributed by atoms with Gasteiger partial charge in [-0.1, -0.05) is 12.1 Å². The smallest absolute Gasteiger partial charge is 0.472 e. The predicted molar refractivity (Wildman–Crippen MR) is 55.9 cm³/mol. The molecule has 0 fully saturated rings. The van der Waals surface area contributed by atoms with Crippen LogP contribution >= 0.6 is 0 Å². The zero-order valence-corrected chi connectivity index (χ0v) is 9.02. The molecule has 0 aliphatic heterocycles. The quantitative estimate of drug-likeness (QED) is 0.918. The molecule has 0 saturated carbocycles. The number of furan rings is 1. The summed E-state index contributed by atoms with van der Waals surface area (Å²) in [6.45, 7) is 0. The van der Waals surface area contributed by atoms with Gasteiger partial charge in [0.1, 0.15) is 11.9 Å². The molecule has 3 nitrogen and oxygen atoms in total. The highest BCUT2D eigenvalue weighted by atomic mass is 19.4. The van der Waals surface area contributed by atoms with Gasteiger partial charge >= 0.3 is 6.36 Å². The summed E-state index contributed by atoms with van der Waals surface area (Å²) >= 11 is 0. The highest BCUT2D eigenvalue weighted by Gasteiger charge is 2.31. The van der Waals surface area contributed by atoms with Crippen LogP contribution in [0.3, 0.4) is 0 Å². The van der Waals surface area contributed by atoms with Crippen LogP contribution in [0.4, 0.5) is 13.2 Å². The van der Waals surface area contributed by atoms with E-state index in [1.165, 1.54) is 36.8 Å². The predicted octanol–water partition coefficient (Wildman–Crippen LogP) is 3.26. The lowest BCUT2D eigenvalue weighted by atomic mass is 10.0. The van der Waals surface area contributed by atoms with E-state index in [4.69, 9.17) is 4.42 Å². The lowest BCUT2D eigenvalue weighted by Gasteiger charge is -2.12. The number of aliphatic hydroxyl groups excluding tert-OH is 1. The first-order valence-corrected chi connectivity index (χ1v) is 5.01. The van der Waals surface area contributed by atoms with Crippen molar-refractivity contribution in [3.8, 4) is 5.75 Å². The molecule has 2 aromatic rings. The van der Waals surface area contributed by atoms with E-state index in [0.717, 1.165) is 6.07 Å². The summed E-state index contributed by atoms with van der Waals surface area (Å²) in [5.74, 6) is -0.373. The topological polar surface area (TPSA) is 42.6 Å². The Morgan fingerprint density at radius 1 is 1.17 bits per heavy atom. The Labute approximate surface area is 100 Å². The van der Waals surface area contributed by atoms with Gasteiger partial charge in [-0.15, -0.1) is 13.2 Å². The van der Waals surface area contributed by atoms with Crippen LogP contribution in [-0.4, -0.2) is 11.5 Å². The summed E-state index contributed by atoms with van der Waals surface area (Å²) in [6, 6.07) is 6.70. The van der Waals surface area contributed by atoms with E-state index < -0.39 is 12.5 Å². The third-order valence-corrected chi connectivity index (χ3v) is 2.27. The molecule has 1 aromatic heterocycles. The zero-order chi connectivity index (χ0) is 13.2. The molecular weight excluding hydrogens is 249 g/mol. The molecule has 2 rings (SSSR count). The van der Waals surface area contributed by atoms with E-state index in [-0.39, 0.29) is 11.3 Å². The summed E-state index contributed by atoms with van der Waals surface area (Å²) in [5, 5.41) is 9.91. The second kappa shape index (κ2) is 4.73. The van der Waals surface area contributed by atoms with Crippen molar-refractivity contribution in [3.05, 3.63) is 54.0 Å².